The second-order valence-corrected chi connectivity index (χ2v) is 5.80. The molecule has 0 aliphatic carbocycles. The van der Waals surface area contributed by atoms with Crippen LogP contribution in [0, 0.1) is 12.7 Å². The molecule has 1 aromatic carbocycles. The Morgan fingerprint density at radius 2 is 2.22 bits per heavy atom. The van der Waals surface area contributed by atoms with Gasteiger partial charge in [-0.3, -0.25) is 9.89 Å². The highest BCUT2D eigenvalue weighted by atomic mass is 19.1. The van der Waals surface area contributed by atoms with E-state index in [0.717, 1.165) is 42.7 Å². The third-order valence-corrected chi connectivity index (χ3v) is 4.06. The predicted molar refractivity (Wildman–Crippen MR) is 85.6 cm³/mol. The number of amides is 1. The van der Waals surface area contributed by atoms with Gasteiger partial charge in [0.2, 0.25) is 5.91 Å². The van der Waals surface area contributed by atoms with E-state index in [1.807, 2.05) is 6.92 Å². The molecule has 122 valence electrons. The highest BCUT2D eigenvalue weighted by Crippen LogP contribution is 2.29. The van der Waals surface area contributed by atoms with Crippen LogP contribution in [0.4, 0.5) is 10.2 Å². The maximum Gasteiger partial charge on any atom is 0.225 e. The van der Waals surface area contributed by atoms with Crippen molar-refractivity contribution in [3.63, 3.8) is 0 Å². The summed E-state index contributed by atoms with van der Waals surface area (Å²) in [6, 6.07) is 6.14. The maximum absolute atomic E-state index is 13.1. The minimum absolute atomic E-state index is 0.0876. The summed E-state index contributed by atoms with van der Waals surface area (Å²) >= 11 is 0. The zero-order chi connectivity index (χ0) is 16.2. The van der Waals surface area contributed by atoms with E-state index in [1.54, 1.807) is 12.1 Å². The van der Waals surface area contributed by atoms with Gasteiger partial charge in [-0.25, -0.2) is 4.39 Å². The minimum atomic E-state index is -0.294. The molecule has 0 saturated carbocycles. The number of carbonyl (C=O) groups excluding carboxylic acids is 1. The van der Waals surface area contributed by atoms with Gasteiger partial charge in [0.25, 0.3) is 0 Å². The summed E-state index contributed by atoms with van der Waals surface area (Å²) in [6.07, 6.45) is 3.41. The summed E-state index contributed by atoms with van der Waals surface area (Å²) in [5.74, 6) is 0.0962. The van der Waals surface area contributed by atoms with E-state index in [0.29, 0.717) is 12.2 Å². The summed E-state index contributed by atoms with van der Waals surface area (Å²) < 4.78 is 18.6. The van der Waals surface area contributed by atoms with E-state index in [-0.39, 0.29) is 17.8 Å². The molecule has 6 heteroatoms. The fourth-order valence-corrected chi connectivity index (χ4v) is 2.85. The molecule has 0 spiro atoms. The van der Waals surface area contributed by atoms with Gasteiger partial charge in [0.05, 0.1) is 6.10 Å². The lowest BCUT2D eigenvalue weighted by atomic mass is 10.1. The average molecular weight is 317 g/mol. The number of H-pyrrole nitrogens is 1. The maximum atomic E-state index is 13.1. The van der Waals surface area contributed by atoms with Crippen molar-refractivity contribution in [2.45, 2.75) is 38.7 Å². The molecule has 5 nitrogen and oxygen atoms in total. The number of benzene rings is 1. The number of carbonyl (C=O) groups is 1. The summed E-state index contributed by atoms with van der Waals surface area (Å²) in [6.45, 7) is 2.66. The molecule has 23 heavy (non-hydrogen) atoms. The molecule has 1 aliphatic heterocycles. The van der Waals surface area contributed by atoms with Crippen LogP contribution in [0.2, 0.25) is 0 Å². The standard InChI is InChI=1S/C17H20FN3O2/c1-11-16(12-4-6-13(18)7-5-12)17(21-20-11)19-15(22)9-8-14-3-2-10-23-14/h4-7,14H,2-3,8-10H2,1H3,(H2,19,20,21,22). The van der Waals surface area contributed by atoms with E-state index in [4.69, 9.17) is 4.74 Å². The molecule has 1 fully saturated rings. The number of aromatic nitrogens is 2. The molecule has 3 rings (SSSR count). The van der Waals surface area contributed by atoms with Gasteiger partial charge in [-0.05, 0) is 43.9 Å². The number of nitrogens with zero attached hydrogens (tertiary/aromatic N) is 1. The van der Waals surface area contributed by atoms with Crippen LogP contribution in [0.25, 0.3) is 11.1 Å². The molecule has 1 aromatic heterocycles. The Kier molecular flexibility index (Phi) is 4.71. The van der Waals surface area contributed by atoms with E-state index < -0.39 is 0 Å². The molecular weight excluding hydrogens is 297 g/mol. The van der Waals surface area contributed by atoms with Gasteiger partial charge in [0.15, 0.2) is 5.82 Å². The van der Waals surface area contributed by atoms with E-state index in [2.05, 4.69) is 15.5 Å². The second kappa shape index (κ2) is 6.91. The molecule has 1 saturated heterocycles. The van der Waals surface area contributed by atoms with Gasteiger partial charge in [0, 0.05) is 24.3 Å². The Morgan fingerprint density at radius 3 is 2.91 bits per heavy atom. The van der Waals surface area contributed by atoms with Gasteiger partial charge in [0.1, 0.15) is 5.82 Å². The monoisotopic (exact) mass is 317 g/mol. The normalized spacial score (nSPS) is 17.4. The van der Waals surface area contributed by atoms with Crippen LogP contribution < -0.4 is 5.32 Å². The van der Waals surface area contributed by atoms with Crippen molar-refractivity contribution < 1.29 is 13.9 Å². The number of ether oxygens (including phenoxy) is 1. The topological polar surface area (TPSA) is 67.0 Å². The van der Waals surface area contributed by atoms with Crippen molar-refractivity contribution in [3.05, 3.63) is 35.8 Å². The number of rotatable bonds is 5. The summed E-state index contributed by atoms with van der Waals surface area (Å²) in [5, 5.41) is 9.86. The summed E-state index contributed by atoms with van der Waals surface area (Å²) in [4.78, 5) is 12.1. The molecule has 2 heterocycles. The first-order valence-electron chi connectivity index (χ1n) is 7.86. The Labute approximate surface area is 134 Å². The molecule has 2 aromatic rings. The van der Waals surface area contributed by atoms with Crippen molar-refractivity contribution >= 4 is 11.7 Å². The lowest BCUT2D eigenvalue weighted by Gasteiger charge is -2.09. The fourth-order valence-electron chi connectivity index (χ4n) is 2.85. The smallest absolute Gasteiger partial charge is 0.225 e. The Morgan fingerprint density at radius 1 is 1.43 bits per heavy atom. The number of halogens is 1. The first-order valence-corrected chi connectivity index (χ1v) is 7.86. The largest absolute Gasteiger partial charge is 0.378 e. The number of aromatic amines is 1. The molecule has 0 radical (unpaired) electrons. The SMILES string of the molecule is Cc1[nH]nc(NC(=O)CCC2CCCO2)c1-c1ccc(F)cc1. The molecule has 1 atom stereocenters. The van der Waals surface area contributed by atoms with Crippen LogP contribution in [-0.4, -0.2) is 28.8 Å². The van der Waals surface area contributed by atoms with Crippen molar-refractivity contribution in [1.29, 1.82) is 0 Å². The quantitative estimate of drug-likeness (QED) is 0.888. The fraction of sp³-hybridized carbons (Fsp3) is 0.412. The lowest BCUT2D eigenvalue weighted by Crippen LogP contribution is -2.15. The third-order valence-electron chi connectivity index (χ3n) is 4.06. The number of hydrogen-bond acceptors (Lipinski definition) is 3. The number of nitrogens with one attached hydrogen (secondary N) is 2. The number of aryl methyl sites for hydroxylation is 1. The zero-order valence-corrected chi connectivity index (χ0v) is 13.1. The van der Waals surface area contributed by atoms with Crippen LogP contribution in [0.15, 0.2) is 24.3 Å². The molecular formula is C17H20FN3O2. The first-order chi connectivity index (χ1) is 11.1. The van der Waals surface area contributed by atoms with Crippen LogP contribution >= 0.6 is 0 Å². The van der Waals surface area contributed by atoms with E-state index in [9.17, 15) is 9.18 Å². The minimum Gasteiger partial charge on any atom is -0.378 e. The van der Waals surface area contributed by atoms with Gasteiger partial charge < -0.3 is 10.1 Å². The van der Waals surface area contributed by atoms with E-state index in [1.165, 1.54) is 12.1 Å². The van der Waals surface area contributed by atoms with Crippen LogP contribution in [0.3, 0.4) is 0 Å². The molecule has 0 bridgehead atoms. The number of hydrogen-bond donors (Lipinski definition) is 2. The van der Waals surface area contributed by atoms with Crippen molar-refractivity contribution in [3.8, 4) is 11.1 Å². The van der Waals surface area contributed by atoms with Crippen molar-refractivity contribution in [1.82, 2.24) is 10.2 Å². The van der Waals surface area contributed by atoms with E-state index >= 15 is 0 Å². The van der Waals surface area contributed by atoms with Crippen molar-refractivity contribution in [2.24, 2.45) is 0 Å². The highest BCUT2D eigenvalue weighted by molar-refractivity contribution is 5.94. The predicted octanol–water partition coefficient (Wildman–Crippen LogP) is 3.42. The van der Waals surface area contributed by atoms with Crippen LogP contribution in [0.1, 0.15) is 31.4 Å². The van der Waals surface area contributed by atoms with Crippen LogP contribution in [-0.2, 0) is 9.53 Å². The molecule has 1 aliphatic rings. The van der Waals surface area contributed by atoms with Crippen LogP contribution in [0.5, 0.6) is 0 Å². The Bertz CT molecular complexity index is 676. The molecule has 1 unspecified atom stereocenters. The van der Waals surface area contributed by atoms with Gasteiger partial charge in [-0.1, -0.05) is 12.1 Å². The Hall–Kier alpha value is -2.21. The first kappa shape index (κ1) is 15.7. The third kappa shape index (κ3) is 3.76. The van der Waals surface area contributed by atoms with Gasteiger partial charge in [-0.15, -0.1) is 0 Å². The van der Waals surface area contributed by atoms with Gasteiger partial charge in [-0.2, -0.15) is 5.10 Å². The summed E-state index contributed by atoms with van der Waals surface area (Å²) in [7, 11) is 0. The average Bonchev–Trinajstić information content (AvgIpc) is 3.17. The lowest BCUT2D eigenvalue weighted by molar-refractivity contribution is -0.116. The highest BCUT2D eigenvalue weighted by Gasteiger charge is 2.19. The van der Waals surface area contributed by atoms with Crippen molar-refractivity contribution in [2.75, 3.05) is 11.9 Å². The molecule has 2 N–H and O–H groups in total. The zero-order valence-electron chi connectivity index (χ0n) is 13.1. The Balaban J connectivity index is 1.68. The summed E-state index contributed by atoms with van der Waals surface area (Å²) in [5.41, 5.74) is 2.42. The number of anilines is 1. The second-order valence-electron chi connectivity index (χ2n) is 5.80. The van der Waals surface area contributed by atoms with Gasteiger partial charge >= 0.3 is 0 Å². The molecule has 1 amide bonds.